The molecule has 0 aliphatic carbocycles. The van der Waals surface area contributed by atoms with E-state index in [1.807, 2.05) is 30.3 Å². The van der Waals surface area contributed by atoms with E-state index < -0.39 is 23.6 Å². The fourth-order valence-electron chi connectivity index (χ4n) is 3.09. The number of amides is 2. The summed E-state index contributed by atoms with van der Waals surface area (Å²) in [4.78, 5) is 26.2. The summed E-state index contributed by atoms with van der Waals surface area (Å²) in [6.45, 7) is 0.714. The molecule has 1 fully saturated rings. The molecule has 0 aromatic heterocycles. The van der Waals surface area contributed by atoms with Crippen molar-refractivity contribution >= 4 is 23.6 Å². The molecule has 0 radical (unpaired) electrons. The third-order valence-electron chi connectivity index (χ3n) is 4.40. The molecule has 0 unspecified atom stereocenters. The largest absolute Gasteiger partial charge is 0.410 e. The zero-order valence-corrected chi connectivity index (χ0v) is 15.8. The number of halogens is 2. The number of carbonyl (C=O) groups excluding carboxylic acids is 2. The van der Waals surface area contributed by atoms with Gasteiger partial charge < -0.3 is 20.1 Å². The number of ether oxygens (including phenoxy) is 1. The highest BCUT2D eigenvalue weighted by Gasteiger charge is 2.46. The van der Waals surface area contributed by atoms with Crippen molar-refractivity contribution in [1.82, 2.24) is 10.2 Å². The summed E-state index contributed by atoms with van der Waals surface area (Å²) in [5, 5.41) is 13.2. The molecule has 3 rings (SSSR count). The van der Waals surface area contributed by atoms with Gasteiger partial charge in [0.25, 0.3) is 11.7 Å². The number of likely N-dealkylation sites (tertiary alicyclic amines) is 1. The minimum atomic E-state index is -2.23. The number of nitrogens with one attached hydrogen (secondary N) is 1. The van der Waals surface area contributed by atoms with Crippen molar-refractivity contribution in [1.29, 1.82) is 0 Å². The number of benzene rings is 2. The predicted molar refractivity (Wildman–Crippen MR) is 101 cm³/mol. The number of nitrogens with zero attached hydrogens (tertiary/aromatic N) is 1. The lowest BCUT2D eigenvalue weighted by atomic mass is 10.0. The van der Waals surface area contributed by atoms with Crippen LogP contribution in [0.5, 0.6) is 0 Å². The maximum Gasteiger partial charge on any atom is 0.410 e. The van der Waals surface area contributed by atoms with Gasteiger partial charge in [0.05, 0.1) is 0 Å². The van der Waals surface area contributed by atoms with Crippen LogP contribution in [-0.4, -0.2) is 34.3 Å². The Bertz CT molecular complexity index is 844. The van der Waals surface area contributed by atoms with Crippen LogP contribution in [0.4, 0.5) is 9.18 Å². The van der Waals surface area contributed by atoms with E-state index in [1.165, 1.54) is 17.0 Å². The average Bonchev–Trinajstić information content (AvgIpc) is 2.64. The van der Waals surface area contributed by atoms with E-state index >= 15 is 0 Å². The van der Waals surface area contributed by atoms with Gasteiger partial charge in [0.1, 0.15) is 5.82 Å². The summed E-state index contributed by atoms with van der Waals surface area (Å²) < 4.78 is 18.4. The van der Waals surface area contributed by atoms with Gasteiger partial charge in [-0.3, -0.25) is 4.79 Å². The SMILES string of the molecule is O=C(NCc1cc(F)cc(Cl)c1)O[C@@]1(O)CCCN(Cc2ccccc2)C1=O. The van der Waals surface area contributed by atoms with E-state index in [4.69, 9.17) is 16.3 Å². The molecule has 1 heterocycles. The maximum absolute atomic E-state index is 13.3. The van der Waals surface area contributed by atoms with Crippen molar-refractivity contribution in [2.24, 2.45) is 0 Å². The summed E-state index contributed by atoms with van der Waals surface area (Å²) in [7, 11) is 0. The number of aliphatic hydroxyl groups is 1. The first kappa shape index (κ1) is 20.1. The highest BCUT2D eigenvalue weighted by Crippen LogP contribution is 2.25. The van der Waals surface area contributed by atoms with Crippen molar-refractivity contribution in [3.05, 3.63) is 70.5 Å². The minimum Gasteiger partial charge on any atom is -0.407 e. The van der Waals surface area contributed by atoms with E-state index in [0.29, 0.717) is 25.1 Å². The summed E-state index contributed by atoms with van der Waals surface area (Å²) >= 11 is 5.77. The highest BCUT2D eigenvalue weighted by molar-refractivity contribution is 6.30. The van der Waals surface area contributed by atoms with Gasteiger partial charge in [-0.05, 0) is 35.7 Å². The Kier molecular flexibility index (Phi) is 6.16. The van der Waals surface area contributed by atoms with E-state index in [1.54, 1.807) is 0 Å². The Hall–Kier alpha value is -2.64. The molecule has 1 saturated heterocycles. The number of hydrogen-bond acceptors (Lipinski definition) is 4. The Labute approximate surface area is 166 Å². The lowest BCUT2D eigenvalue weighted by Gasteiger charge is -2.37. The molecule has 0 bridgehead atoms. The standard InChI is InChI=1S/C20H20ClFN2O4/c21-16-9-15(10-17(22)11-16)12-23-19(26)28-20(27)7-4-8-24(18(20)25)13-14-5-2-1-3-6-14/h1-3,5-6,9-11,27H,4,7-8,12-13H2,(H,23,26)/t20-/m0/s1. The molecule has 6 nitrogen and oxygen atoms in total. The van der Waals surface area contributed by atoms with Crippen LogP contribution >= 0.6 is 11.6 Å². The van der Waals surface area contributed by atoms with E-state index in [9.17, 15) is 19.1 Å². The zero-order valence-electron chi connectivity index (χ0n) is 15.0. The lowest BCUT2D eigenvalue weighted by molar-refractivity contribution is -0.206. The van der Waals surface area contributed by atoms with Gasteiger partial charge in [-0.1, -0.05) is 41.9 Å². The smallest absolute Gasteiger partial charge is 0.407 e. The van der Waals surface area contributed by atoms with Gasteiger partial charge in [-0.15, -0.1) is 0 Å². The Morgan fingerprint density at radius 1 is 1.25 bits per heavy atom. The molecule has 0 spiro atoms. The second-order valence-electron chi connectivity index (χ2n) is 6.62. The van der Waals surface area contributed by atoms with Gasteiger partial charge in [0, 0.05) is 31.1 Å². The first-order valence-electron chi connectivity index (χ1n) is 8.83. The molecule has 2 aromatic rings. The van der Waals surface area contributed by atoms with Gasteiger partial charge in [0.15, 0.2) is 0 Å². The van der Waals surface area contributed by atoms with E-state index in [2.05, 4.69) is 5.32 Å². The molecule has 1 aliphatic rings. The van der Waals surface area contributed by atoms with E-state index in [0.717, 1.165) is 11.6 Å². The van der Waals surface area contributed by atoms with Crippen LogP contribution in [0.2, 0.25) is 5.02 Å². The molecule has 1 atom stereocenters. The van der Waals surface area contributed by atoms with Crippen molar-refractivity contribution < 1.29 is 23.8 Å². The third kappa shape index (κ3) is 4.99. The first-order valence-corrected chi connectivity index (χ1v) is 9.21. The summed E-state index contributed by atoms with van der Waals surface area (Å²) in [6, 6.07) is 13.2. The molecule has 2 aromatic carbocycles. The Balaban J connectivity index is 1.59. The van der Waals surface area contributed by atoms with Crippen LogP contribution in [0.3, 0.4) is 0 Å². The van der Waals surface area contributed by atoms with Crippen molar-refractivity contribution in [2.75, 3.05) is 6.54 Å². The summed E-state index contributed by atoms with van der Waals surface area (Å²) in [6.07, 6.45) is -0.476. The number of hydrogen-bond donors (Lipinski definition) is 2. The van der Waals surface area contributed by atoms with Crippen LogP contribution in [-0.2, 0) is 22.6 Å². The van der Waals surface area contributed by atoms with Crippen LogP contribution in [0.25, 0.3) is 0 Å². The summed E-state index contributed by atoms with van der Waals surface area (Å²) in [5.41, 5.74) is 1.34. The molecule has 28 heavy (non-hydrogen) atoms. The van der Waals surface area contributed by atoms with Crippen LogP contribution in [0.1, 0.15) is 24.0 Å². The molecule has 2 N–H and O–H groups in total. The topological polar surface area (TPSA) is 78.9 Å². The van der Waals surface area contributed by atoms with Crippen molar-refractivity contribution in [2.45, 2.75) is 31.7 Å². The zero-order chi connectivity index (χ0) is 20.1. The quantitative estimate of drug-likeness (QED) is 0.747. The molecule has 2 amide bonds. The Morgan fingerprint density at radius 2 is 2.00 bits per heavy atom. The summed E-state index contributed by atoms with van der Waals surface area (Å²) in [5.74, 6) is -3.42. The number of piperidine rings is 1. The monoisotopic (exact) mass is 406 g/mol. The second kappa shape index (κ2) is 8.58. The molecular formula is C20H20ClFN2O4. The van der Waals surface area contributed by atoms with Crippen molar-refractivity contribution in [3.63, 3.8) is 0 Å². The normalized spacial score (nSPS) is 19.4. The number of rotatable bonds is 5. The third-order valence-corrected chi connectivity index (χ3v) is 4.62. The van der Waals surface area contributed by atoms with Crippen molar-refractivity contribution in [3.8, 4) is 0 Å². The van der Waals surface area contributed by atoms with Crippen LogP contribution in [0, 0.1) is 5.82 Å². The van der Waals surface area contributed by atoms with Gasteiger partial charge in [-0.25, -0.2) is 9.18 Å². The fourth-order valence-corrected chi connectivity index (χ4v) is 3.34. The fraction of sp³-hybridized carbons (Fsp3) is 0.300. The first-order chi connectivity index (χ1) is 13.4. The predicted octanol–water partition coefficient (Wildman–Crippen LogP) is 3.22. The highest BCUT2D eigenvalue weighted by atomic mass is 35.5. The van der Waals surface area contributed by atoms with Crippen LogP contribution < -0.4 is 5.32 Å². The minimum absolute atomic E-state index is 0.0103. The van der Waals surface area contributed by atoms with Gasteiger partial charge in [-0.2, -0.15) is 0 Å². The lowest BCUT2D eigenvalue weighted by Crippen LogP contribution is -2.56. The molecular weight excluding hydrogens is 387 g/mol. The van der Waals surface area contributed by atoms with Gasteiger partial charge >= 0.3 is 6.09 Å². The second-order valence-corrected chi connectivity index (χ2v) is 7.06. The van der Waals surface area contributed by atoms with E-state index in [-0.39, 0.29) is 18.0 Å². The molecule has 1 aliphatic heterocycles. The molecule has 148 valence electrons. The Morgan fingerprint density at radius 3 is 2.71 bits per heavy atom. The van der Waals surface area contributed by atoms with Crippen LogP contribution in [0.15, 0.2) is 48.5 Å². The number of carbonyl (C=O) groups is 2. The molecule has 0 saturated carbocycles. The maximum atomic E-state index is 13.3. The number of alkyl carbamates (subject to hydrolysis) is 1. The molecule has 8 heteroatoms. The van der Waals surface area contributed by atoms with Gasteiger partial charge in [0.2, 0.25) is 0 Å². The average molecular weight is 407 g/mol.